The number of nitrogens with zero attached hydrogens (tertiary/aromatic N) is 2. The minimum Gasteiger partial charge on any atom is -0.494 e. The third-order valence-electron chi connectivity index (χ3n) is 6.83. The lowest BCUT2D eigenvalue weighted by Crippen LogP contribution is -2.50. The summed E-state index contributed by atoms with van der Waals surface area (Å²) in [6.45, 7) is 0.883. The summed E-state index contributed by atoms with van der Waals surface area (Å²) in [6.07, 6.45) is 0. The number of carbonyl (C=O) groups is 1. The highest BCUT2D eigenvalue weighted by Gasteiger charge is 2.23. The second kappa shape index (κ2) is 16.5. The van der Waals surface area contributed by atoms with E-state index in [1.165, 1.54) is 26.0 Å². The fraction of sp³-hybridized carbons (Fsp3) is 0.296. The van der Waals surface area contributed by atoms with E-state index in [1.807, 2.05) is 0 Å². The largest absolute Gasteiger partial charge is 0.494 e. The lowest BCUT2D eigenvalue weighted by Gasteiger charge is -2.14. The van der Waals surface area contributed by atoms with Gasteiger partial charge in [-0.05, 0) is 37.1 Å². The predicted octanol–water partition coefficient (Wildman–Crippen LogP) is -1.34. The van der Waals surface area contributed by atoms with Crippen LogP contribution < -0.4 is 41.9 Å². The first-order valence-electron chi connectivity index (χ1n) is 14.2. The Kier molecular flexibility index (Phi) is 13.2. The topological polar surface area (TPSA) is 334 Å². The monoisotopic (exact) mass is 826 g/mol. The molecular formula is C27H30N4O18S4. The van der Waals surface area contributed by atoms with E-state index in [-0.39, 0.29) is 43.8 Å². The molecule has 0 aliphatic rings. The van der Waals surface area contributed by atoms with E-state index < -0.39 is 98.3 Å². The zero-order valence-corrected chi connectivity index (χ0v) is 31.0. The van der Waals surface area contributed by atoms with E-state index in [0.29, 0.717) is 6.07 Å². The van der Waals surface area contributed by atoms with E-state index in [2.05, 4.69) is 29.4 Å². The number of nitrogens with one attached hydrogen (secondary N) is 2. The van der Waals surface area contributed by atoms with Crippen LogP contribution in [0.25, 0.3) is 0 Å². The van der Waals surface area contributed by atoms with E-state index in [1.54, 1.807) is 0 Å². The first kappa shape index (κ1) is 42.6. The molecule has 0 aliphatic heterocycles. The summed E-state index contributed by atoms with van der Waals surface area (Å²) < 4.78 is 130. The van der Waals surface area contributed by atoms with Gasteiger partial charge in [-0.3, -0.25) is 29.5 Å². The second-order valence-electron chi connectivity index (χ2n) is 10.5. The van der Waals surface area contributed by atoms with E-state index in [4.69, 9.17) is 18.6 Å². The number of methoxy groups -OCH3 is 2. The lowest BCUT2D eigenvalue weighted by atomic mass is 10.2. The molecule has 53 heavy (non-hydrogen) atoms. The van der Waals surface area contributed by atoms with E-state index in [0.717, 1.165) is 26.4 Å². The molecule has 26 heteroatoms. The molecule has 0 atom stereocenters. The Labute approximate surface area is 300 Å². The van der Waals surface area contributed by atoms with Crippen molar-refractivity contribution in [2.75, 3.05) is 49.8 Å². The molecule has 290 valence electrons. The van der Waals surface area contributed by atoms with Crippen molar-refractivity contribution in [3.63, 3.8) is 0 Å². The first-order chi connectivity index (χ1) is 24.4. The molecule has 3 aromatic rings. The van der Waals surface area contributed by atoms with Crippen molar-refractivity contribution in [1.82, 2.24) is 0 Å². The predicted molar refractivity (Wildman–Crippen MR) is 181 cm³/mol. The first-order valence-corrected chi connectivity index (χ1v) is 20.2. The van der Waals surface area contributed by atoms with Gasteiger partial charge in [0.2, 0.25) is 10.9 Å². The second-order valence-corrected chi connectivity index (χ2v) is 16.8. The van der Waals surface area contributed by atoms with Gasteiger partial charge in [-0.1, -0.05) is 0 Å². The van der Waals surface area contributed by atoms with Crippen molar-refractivity contribution in [2.24, 2.45) is 10.2 Å². The Morgan fingerprint density at radius 1 is 0.679 bits per heavy atom. The van der Waals surface area contributed by atoms with Gasteiger partial charge in [0, 0.05) is 18.2 Å². The van der Waals surface area contributed by atoms with Crippen LogP contribution in [0.2, 0.25) is 0 Å². The molecule has 3 rings (SSSR count). The van der Waals surface area contributed by atoms with Crippen LogP contribution in [-0.2, 0) is 48.8 Å². The van der Waals surface area contributed by atoms with Gasteiger partial charge in [0.1, 0.15) is 16.9 Å². The molecule has 0 unspecified atom stereocenters. The third kappa shape index (κ3) is 11.1. The Hall–Kier alpha value is -4.83. The molecule has 0 radical (unpaired) electrons. The highest BCUT2D eigenvalue weighted by Crippen LogP contribution is 2.32. The van der Waals surface area contributed by atoms with Gasteiger partial charge in [0.25, 0.3) is 0 Å². The minimum atomic E-state index is -4.91. The number of aromatic carboxylic acids is 1. The molecule has 0 aromatic heterocycles. The molecule has 0 saturated carbocycles. The number of anilines is 2. The number of hydrogen-bond donors (Lipinski definition) is 5. The minimum absolute atomic E-state index is 0.0560. The summed E-state index contributed by atoms with van der Waals surface area (Å²) in [5.41, 5.74) is 1.45. The van der Waals surface area contributed by atoms with E-state index in [9.17, 15) is 53.2 Å². The van der Waals surface area contributed by atoms with Gasteiger partial charge in [-0.15, -0.1) is 0 Å². The summed E-state index contributed by atoms with van der Waals surface area (Å²) in [5, 5.41) is 15.6. The number of carboxylic acid groups (broad SMARTS) is 1. The Balaban J connectivity index is 2.06. The fourth-order valence-electron chi connectivity index (χ4n) is 4.47. The van der Waals surface area contributed by atoms with E-state index >= 15 is 0 Å². The van der Waals surface area contributed by atoms with Crippen molar-refractivity contribution in [2.45, 2.75) is 23.6 Å². The van der Waals surface area contributed by atoms with Crippen LogP contribution in [0.15, 0.2) is 59.9 Å². The summed E-state index contributed by atoms with van der Waals surface area (Å²) in [4.78, 5) is 37.6. The molecule has 0 saturated heterocycles. The number of carboxylic acids is 1. The van der Waals surface area contributed by atoms with Gasteiger partial charge in [-0.25, -0.2) is 30.0 Å². The molecule has 0 aliphatic carbocycles. The Bertz CT molecular complexity index is 2620. The standard InChI is InChI=1S/C27H30N4O18S4/c1-14-9-17(20(46-3)12-22(14)50(36,37)7-5-48-52(40,41)42)28-30-24-16(27(34)35)11-19(32)25(26(24)33)31-29-18-10-15(2)23(13-21(18)47-4)51(38,39)8-6-49-53(43,44)45/h9-13,28-29H,5-8H2,1-4H3,(H,34,35)(H,40,41,42)(H,43,44,45). The lowest BCUT2D eigenvalue weighted by molar-refractivity contribution is 0.0694. The number of sulfone groups is 2. The molecular weight excluding hydrogens is 797 g/mol. The molecule has 3 aromatic carbocycles. The van der Waals surface area contributed by atoms with Crippen molar-refractivity contribution in [3.05, 3.63) is 78.2 Å². The molecule has 0 amide bonds. The van der Waals surface area contributed by atoms with Crippen LogP contribution in [0.1, 0.15) is 21.5 Å². The zero-order chi connectivity index (χ0) is 40.1. The van der Waals surface area contributed by atoms with Gasteiger partial charge in [0.15, 0.2) is 25.0 Å². The van der Waals surface area contributed by atoms with Crippen molar-refractivity contribution < 1.29 is 70.5 Å². The van der Waals surface area contributed by atoms with Gasteiger partial charge in [0.05, 0.1) is 65.7 Å². The van der Waals surface area contributed by atoms with Crippen LogP contribution >= 0.6 is 0 Å². The van der Waals surface area contributed by atoms with Crippen LogP contribution in [0.3, 0.4) is 0 Å². The van der Waals surface area contributed by atoms with Crippen molar-refractivity contribution in [3.8, 4) is 11.5 Å². The van der Waals surface area contributed by atoms with Gasteiger partial charge >= 0.3 is 26.8 Å². The quantitative estimate of drug-likeness (QED) is 0.0776. The number of benzene rings is 3. The summed E-state index contributed by atoms with van der Waals surface area (Å²) in [6, 6.07) is 5.01. The summed E-state index contributed by atoms with van der Waals surface area (Å²) in [7, 11) is -15.9. The number of aryl methyl sites for hydroxylation is 2. The summed E-state index contributed by atoms with van der Waals surface area (Å²) in [5.74, 6) is -3.81. The summed E-state index contributed by atoms with van der Waals surface area (Å²) >= 11 is 0. The zero-order valence-electron chi connectivity index (χ0n) is 27.7. The van der Waals surface area contributed by atoms with Crippen LogP contribution in [-0.4, -0.2) is 92.8 Å². The number of ether oxygens (including phenoxy) is 2. The average Bonchev–Trinajstić information content (AvgIpc) is 3.02. The molecule has 0 heterocycles. The molecule has 0 bridgehead atoms. The van der Waals surface area contributed by atoms with Crippen LogP contribution in [0, 0.1) is 13.8 Å². The smallest absolute Gasteiger partial charge is 0.397 e. The molecule has 5 N–H and O–H groups in total. The maximum absolute atomic E-state index is 13.4. The Morgan fingerprint density at radius 2 is 1.08 bits per heavy atom. The average molecular weight is 827 g/mol. The van der Waals surface area contributed by atoms with Crippen molar-refractivity contribution in [1.29, 1.82) is 0 Å². The fourth-order valence-corrected chi connectivity index (χ4v) is 7.98. The maximum Gasteiger partial charge on any atom is 0.397 e. The highest BCUT2D eigenvalue weighted by atomic mass is 32.3. The van der Waals surface area contributed by atoms with Gasteiger partial charge in [-0.2, -0.15) is 27.0 Å². The Morgan fingerprint density at radius 3 is 1.43 bits per heavy atom. The van der Waals surface area contributed by atoms with Crippen LogP contribution in [0.4, 0.5) is 11.4 Å². The number of rotatable bonds is 17. The van der Waals surface area contributed by atoms with Gasteiger partial charge < -0.3 is 14.6 Å². The normalized spacial score (nSPS) is 13.2. The number of hydrogen-bond acceptors (Lipinski definition) is 19. The van der Waals surface area contributed by atoms with Crippen LogP contribution in [0.5, 0.6) is 11.5 Å². The highest BCUT2D eigenvalue weighted by molar-refractivity contribution is 7.91. The van der Waals surface area contributed by atoms with Crippen molar-refractivity contribution >= 4 is 57.8 Å². The molecule has 22 nitrogen and oxygen atoms in total. The SMILES string of the molecule is COc1cc(S(=O)(=O)CCOS(=O)(=O)O)c(C)cc1NN=c1c(C(=O)O)cc(=O)c(=NNc2cc(C)c(S(=O)(=O)CCOS(=O)(=O)O)cc2OC)c1=O. The third-order valence-corrected chi connectivity index (χ3v) is 11.4. The maximum atomic E-state index is 13.4. The molecule has 0 spiro atoms. The molecule has 0 fully saturated rings.